The fourth-order valence-electron chi connectivity index (χ4n) is 4.55. The molecular weight excluding hydrogens is 378 g/mol. The highest BCUT2D eigenvalue weighted by Crippen LogP contribution is 2.34. The Bertz CT molecular complexity index is 880. The molecule has 4 rings (SSSR count). The second-order valence-corrected chi connectivity index (χ2v) is 7.89. The van der Waals surface area contributed by atoms with Gasteiger partial charge in [0.25, 0.3) is 0 Å². The van der Waals surface area contributed by atoms with E-state index in [1.54, 1.807) is 0 Å². The lowest BCUT2D eigenvalue weighted by molar-refractivity contribution is -0.133. The maximum absolute atomic E-state index is 11.8. The molecule has 7 nitrogen and oxygen atoms in total. The van der Waals surface area contributed by atoms with Gasteiger partial charge in [0.05, 0.1) is 11.2 Å². The molecule has 0 spiro atoms. The Hall–Kier alpha value is -2.12. The van der Waals surface area contributed by atoms with Crippen LogP contribution in [0.25, 0.3) is 10.9 Å². The van der Waals surface area contributed by atoms with Gasteiger partial charge in [-0.3, -0.25) is 19.6 Å². The van der Waals surface area contributed by atoms with E-state index >= 15 is 0 Å². The number of rotatable bonds is 3. The normalized spacial score (nSPS) is 23.6. The third-order valence-corrected chi connectivity index (χ3v) is 6.03. The average Bonchev–Trinajstić information content (AvgIpc) is 2.97. The number of aromatic nitrogens is 2. The molecule has 2 aliphatic heterocycles. The predicted molar refractivity (Wildman–Crippen MR) is 112 cm³/mol. The van der Waals surface area contributed by atoms with E-state index in [0.29, 0.717) is 24.8 Å². The molecular formula is C20H28ClN5O2. The van der Waals surface area contributed by atoms with Gasteiger partial charge in [-0.25, -0.2) is 0 Å². The number of anilines is 1. The Kier molecular flexibility index (Phi) is 5.95. The van der Waals surface area contributed by atoms with Crippen LogP contribution in [0, 0.1) is 5.92 Å². The van der Waals surface area contributed by atoms with E-state index in [1.807, 2.05) is 18.8 Å². The molecule has 0 saturated carbocycles. The van der Waals surface area contributed by atoms with Gasteiger partial charge in [0, 0.05) is 56.0 Å². The Morgan fingerprint density at radius 1 is 1.21 bits per heavy atom. The van der Waals surface area contributed by atoms with Crippen molar-refractivity contribution < 1.29 is 9.59 Å². The molecule has 0 bridgehead atoms. The summed E-state index contributed by atoms with van der Waals surface area (Å²) in [7, 11) is 3.96. The number of nitrogens with one attached hydrogen (secondary N) is 2. The van der Waals surface area contributed by atoms with Gasteiger partial charge in [-0.1, -0.05) is 6.92 Å². The first-order valence-corrected chi connectivity index (χ1v) is 9.67. The standard InChI is InChI=1S/C20H27N5O2.ClH/c1-12-11-25(7-6-16(12)21-2)14-4-5-15-17(10-14)24(3)23-20(15)13-8-18(26)22-19(27)9-13;/h4-5,10,12-13,16,21H,6-9,11H2,1-3H3,(H,22,26,27);1H/t12-,16-;/m0./s1. The van der Waals surface area contributed by atoms with Crippen LogP contribution in [0.15, 0.2) is 18.2 Å². The van der Waals surface area contributed by atoms with Gasteiger partial charge in [-0.2, -0.15) is 5.10 Å². The Balaban J connectivity index is 0.00000225. The van der Waals surface area contributed by atoms with E-state index in [0.717, 1.165) is 36.1 Å². The number of carbonyl (C=O) groups excluding carboxylic acids is 2. The van der Waals surface area contributed by atoms with Crippen molar-refractivity contribution in [3.05, 3.63) is 23.9 Å². The summed E-state index contributed by atoms with van der Waals surface area (Å²) in [5.41, 5.74) is 3.10. The number of imide groups is 1. The molecule has 1 aromatic heterocycles. The summed E-state index contributed by atoms with van der Waals surface area (Å²) in [6.45, 7) is 4.35. The van der Waals surface area contributed by atoms with Crippen molar-refractivity contribution in [1.82, 2.24) is 20.4 Å². The van der Waals surface area contributed by atoms with Gasteiger partial charge in [-0.15, -0.1) is 12.4 Å². The van der Waals surface area contributed by atoms with Gasteiger partial charge >= 0.3 is 0 Å². The van der Waals surface area contributed by atoms with E-state index in [9.17, 15) is 9.59 Å². The minimum Gasteiger partial charge on any atom is -0.371 e. The molecule has 28 heavy (non-hydrogen) atoms. The lowest BCUT2D eigenvalue weighted by Crippen LogP contribution is -2.47. The second kappa shape index (κ2) is 8.09. The molecule has 2 saturated heterocycles. The highest BCUT2D eigenvalue weighted by atomic mass is 35.5. The highest BCUT2D eigenvalue weighted by molar-refractivity contribution is 5.99. The smallest absolute Gasteiger partial charge is 0.227 e. The van der Waals surface area contributed by atoms with E-state index in [1.165, 1.54) is 5.69 Å². The molecule has 2 atom stereocenters. The van der Waals surface area contributed by atoms with Crippen LogP contribution in [-0.2, 0) is 16.6 Å². The van der Waals surface area contributed by atoms with Crippen molar-refractivity contribution in [3.63, 3.8) is 0 Å². The van der Waals surface area contributed by atoms with E-state index < -0.39 is 0 Å². The quantitative estimate of drug-likeness (QED) is 0.763. The SMILES string of the molecule is CN[C@H]1CCN(c2ccc3c(C4CC(=O)NC(=O)C4)nn(C)c3c2)C[C@@H]1C.Cl. The lowest BCUT2D eigenvalue weighted by Gasteiger charge is -2.38. The Morgan fingerprint density at radius 2 is 1.93 bits per heavy atom. The summed E-state index contributed by atoms with van der Waals surface area (Å²) >= 11 is 0. The number of hydrogen-bond donors (Lipinski definition) is 2. The third-order valence-electron chi connectivity index (χ3n) is 6.03. The number of carbonyl (C=O) groups is 2. The second-order valence-electron chi connectivity index (χ2n) is 7.89. The highest BCUT2D eigenvalue weighted by Gasteiger charge is 2.30. The maximum Gasteiger partial charge on any atom is 0.227 e. The molecule has 0 unspecified atom stereocenters. The van der Waals surface area contributed by atoms with Crippen LogP contribution in [0.4, 0.5) is 5.69 Å². The van der Waals surface area contributed by atoms with Crippen LogP contribution >= 0.6 is 12.4 Å². The lowest BCUT2D eigenvalue weighted by atomic mass is 9.91. The number of fused-ring (bicyclic) bond motifs is 1. The van der Waals surface area contributed by atoms with Crippen molar-refractivity contribution >= 4 is 40.8 Å². The number of nitrogens with zero attached hydrogens (tertiary/aromatic N) is 3. The first kappa shape index (κ1) is 20.6. The summed E-state index contributed by atoms with van der Waals surface area (Å²) in [4.78, 5) is 26.0. The maximum atomic E-state index is 11.8. The largest absolute Gasteiger partial charge is 0.371 e. The summed E-state index contributed by atoms with van der Waals surface area (Å²) < 4.78 is 1.87. The fourth-order valence-corrected chi connectivity index (χ4v) is 4.55. The molecule has 2 aromatic rings. The molecule has 1 aromatic carbocycles. The zero-order valence-corrected chi connectivity index (χ0v) is 17.4. The Morgan fingerprint density at radius 3 is 2.57 bits per heavy atom. The minimum absolute atomic E-state index is 0. The number of benzene rings is 1. The number of amides is 2. The fraction of sp³-hybridized carbons (Fsp3) is 0.550. The van der Waals surface area contributed by atoms with Crippen LogP contribution in [-0.4, -0.2) is 47.8 Å². The molecule has 8 heteroatoms. The van der Waals surface area contributed by atoms with Crippen LogP contribution < -0.4 is 15.5 Å². The first-order valence-electron chi connectivity index (χ1n) is 9.67. The van der Waals surface area contributed by atoms with Gasteiger partial charge in [0.2, 0.25) is 11.8 Å². The van der Waals surface area contributed by atoms with Crippen LogP contribution in [0.5, 0.6) is 0 Å². The number of piperidine rings is 2. The van der Waals surface area contributed by atoms with Crippen molar-refractivity contribution in [3.8, 4) is 0 Å². The Labute approximate surface area is 171 Å². The van der Waals surface area contributed by atoms with Crippen LogP contribution in [0.1, 0.15) is 37.8 Å². The third kappa shape index (κ3) is 3.73. The zero-order chi connectivity index (χ0) is 19.1. The summed E-state index contributed by atoms with van der Waals surface area (Å²) in [5, 5.41) is 11.5. The summed E-state index contributed by atoms with van der Waals surface area (Å²) in [5.74, 6) is 0.0154. The molecule has 2 aliphatic rings. The molecule has 2 fully saturated rings. The van der Waals surface area contributed by atoms with Crippen LogP contribution in [0.2, 0.25) is 0 Å². The number of aryl methyl sites for hydroxylation is 1. The molecule has 0 aliphatic carbocycles. The van der Waals surface area contributed by atoms with Crippen molar-refractivity contribution in [2.75, 3.05) is 25.0 Å². The van der Waals surface area contributed by atoms with Gasteiger partial charge < -0.3 is 10.2 Å². The van der Waals surface area contributed by atoms with Crippen molar-refractivity contribution in [2.45, 2.75) is 38.1 Å². The average molecular weight is 406 g/mol. The molecule has 3 heterocycles. The number of hydrogen-bond acceptors (Lipinski definition) is 5. The van der Waals surface area contributed by atoms with Gasteiger partial charge in [-0.05, 0) is 37.6 Å². The van der Waals surface area contributed by atoms with E-state index in [2.05, 4.69) is 45.8 Å². The van der Waals surface area contributed by atoms with Gasteiger partial charge in [0.1, 0.15) is 0 Å². The van der Waals surface area contributed by atoms with Crippen LogP contribution in [0.3, 0.4) is 0 Å². The summed E-state index contributed by atoms with van der Waals surface area (Å²) in [6, 6.07) is 7.00. The molecule has 2 amide bonds. The number of halogens is 1. The van der Waals surface area contributed by atoms with Crippen molar-refractivity contribution in [2.24, 2.45) is 13.0 Å². The van der Waals surface area contributed by atoms with E-state index in [4.69, 9.17) is 0 Å². The van der Waals surface area contributed by atoms with E-state index in [-0.39, 0.29) is 30.1 Å². The first-order chi connectivity index (χ1) is 13.0. The summed E-state index contributed by atoms with van der Waals surface area (Å²) in [6.07, 6.45) is 1.76. The molecule has 152 valence electrons. The van der Waals surface area contributed by atoms with Crippen molar-refractivity contribution in [1.29, 1.82) is 0 Å². The topological polar surface area (TPSA) is 79.3 Å². The van der Waals surface area contributed by atoms with Gasteiger partial charge in [0.15, 0.2) is 0 Å². The minimum atomic E-state index is -0.215. The zero-order valence-electron chi connectivity index (χ0n) is 16.6. The molecule has 0 radical (unpaired) electrons. The predicted octanol–water partition coefficient (Wildman–Crippen LogP) is 1.95. The monoisotopic (exact) mass is 405 g/mol. The molecule has 2 N–H and O–H groups in total.